The lowest BCUT2D eigenvalue weighted by atomic mass is 9.90. The van der Waals surface area contributed by atoms with E-state index >= 15 is 0 Å². The summed E-state index contributed by atoms with van der Waals surface area (Å²) in [7, 11) is 7.50. The highest BCUT2D eigenvalue weighted by molar-refractivity contribution is 6.39. The second-order valence-corrected chi connectivity index (χ2v) is 2.94. The van der Waals surface area contributed by atoms with Crippen molar-refractivity contribution in [2.45, 2.75) is 0 Å². The highest BCUT2D eigenvalue weighted by Crippen LogP contribution is 2.17. The number of ether oxygens (including phenoxy) is 1. The number of benzene rings is 2. The first-order valence-corrected chi connectivity index (χ1v) is 4.13. The quantitative estimate of drug-likeness (QED) is 0.588. The van der Waals surface area contributed by atoms with E-state index in [1.54, 1.807) is 7.11 Å². The number of hydrogen-bond donors (Lipinski definition) is 0. The van der Waals surface area contributed by atoms with E-state index in [2.05, 4.69) is 0 Å². The lowest BCUT2D eigenvalue weighted by Gasteiger charge is -2.05. The van der Waals surface area contributed by atoms with Crippen molar-refractivity contribution in [3.05, 3.63) is 36.4 Å². The molecule has 0 aliphatic rings. The zero-order valence-electron chi connectivity index (χ0n) is 7.45. The number of hydrogen-bond acceptors (Lipinski definition) is 1. The molecule has 0 amide bonds. The van der Waals surface area contributed by atoms with Crippen LogP contribution in [-0.4, -0.2) is 15.0 Å². The molecular formula is C11H9BO. The van der Waals surface area contributed by atoms with Gasteiger partial charge in [-0.3, -0.25) is 0 Å². The summed E-state index contributed by atoms with van der Waals surface area (Å²) in [5.41, 5.74) is 0.759. The Labute approximate surface area is 78.7 Å². The number of fused-ring (bicyclic) bond motifs is 1. The molecule has 2 rings (SSSR count). The molecule has 62 valence electrons. The van der Waals surface area contributed by atoms with Gasteiger partial charge < -0.3 is 4.74 Å². The maximum Gasteiger partial charge on any atom is 0.118 e. The van der Waals surface area contributed by atoms with Crippen LogP contribution in [-0.2, 0) is 0 Å². The van der Waals surface area contributed by atoms with Crippen molar-refractivity contribution in [1.82, 2.24) is 0 Å². The molecule has 0 saturated heterocycles. The molecule has 2 aromatic rings. The molecule has 0 atom stereocenters. The van der Waals surface area contributed by atoms with Crippen molar-refractivity contribution < 1.29 is 4.74 Å². The first-order valence-electron chi connectivity index (χ1n) is 4.13. The van der Waals surface area contributed by atoms with E-state index < -0.39 is 0 Å². The monoisotopic (exact) mass is 168 g/mol. The van der Waals surface area contributed by atoms with Gasteiger partial charge in [0.2, 0.25) is 0 Å². The van der Waals surface area contributed by atoms with E-state index in [-0.39, 0.29) is 0 Å². The van der Waals surface area contributed by atoms with Gasteiger partial charge in [-0.15, -0.1) is 0 Å². The van der Waals surface area contributed by atoms with Crippen LogP contribution < -0.4 is 10.2 Å². The molecule has 0 aliphatic heterocycles. The topological polar surface area (TPSA) is 9.23 Å². The smallest absolute Gasteiger partial charge is 0.118 e. The Kier molecular flexibility index (Phi) is 1.97. The maximum absolute atomic E-state index is 5.85. The van der Waals surface area contributed by atoms with Crippen LogP contribution in [0.5, 0.6) is 5.75 Å². The van der Waals surface area contributed by atoms with E-state index in [0.717, 1.165) is 22.0 Å². The first-order chi connectivity index (χ1) is 6.31. The van der Waals surface area contributed by atoms with E-state index in [1.165, 1.54) is 0 Å². The molecule has 0 bridgehead atoms. The zero-order valence-corrected chi connectivity index (χ0v) is 7.45. The average molecular weight is 168 g/mol. The summed E-state index contributed by atoms with van der Waals surface area (Å²) in [6, 6.07) is 11.8. The van der Waals surface area contributed by atoms with Crippen molar-refractivity contribution in [3.63, 3.8) is 0 Å². The third kappa shape index (κ3) is 1.40. The molecule has 2 aromatic carbocycles. The van der Waals surface area contributed by atoms with E-state index in [9.17, 15) is 0 Å². The molecule has 0 aromatic heterocycles. The summed E-state index contributed by atoms with van der Waals surface area (Å²) in [5.74, 6) is 0.802. The van der Waals surface area contributed by atoms with Gasteiger partial charge >= 0.3 is 0 Å². The summed E-state index contributed by atoms with van der Waals surface area (Å²) < 4.78 is 5.12. The fourth-order valence-corrected chi connectivity index (χ4v) is 1.43. The molecule has 0 N–H and O–H groups in total. The highest BCUT2D eigenvalue weighted by atomic mass is 16.5. The van der Waals surface area contributed by atoms with Gasteiger partial charge in [0.1, 0.15) is 13.6 Å². The third-order valence-corrected chi connectivity index (χ3v) is 2.10. The van der Waals surface area contributed by atoms with Crippen LogP contribution in [0.25, 0.3) is 10.8 Å². The SMILES string of the molecule is [B]c1cc(OC)cc2ccccc12. The average Bonchev–Trinajstić information content (AvgIpc) is 2.18. The standard InChI is InChI=1S/C11H9BO/c1-13-9-6-8-4-2-3-5-10(8)11(12)7-9/h2-7H,1H3. The van der Waals surface area contributed by atoms with Gasteiger partial charge in [0, 0.05) is 0 Å². The Morgan fingerprint density at radius 3 is 2.69 bits per heavy atom. The summed E-state index contributed by atoms with van der Waals surface area (Å²) in [6.45, 7) is 0. The van der Waals surface area contributed by atoms with Crippen LogP contribution in [0.2, 0.25) is 0 Å². The zero-order chi connectivity index (χ0) is 9.26. The summed E-state index contributed by atoms with van der Waals surface area (Å²) >= 11 is 0. The van der Waals surface area contributed by atoms with E-state index in [1.807, 2.05) is 36.4 Å². The molecule has 0 unspecified atom stereocenters. The number of rotatable bonds is 1. The van der Waals surface area contributed by atoms with Gasteiger partial charge in [-0.2, -0.15) is 0 Å². The van der Waals surface area contributed by atoms with Gasteiger partial charge in [0.05, 0.1) is 7.11 Å². The molecule has 0 heterocycles. The maximum atomic E-state index is 5.85. The second kappa shape index (κ2) is 3.13. The van der Waals surface area contributed by atoms with Crippen molar-refractivity contribution >= 4 is 24.1 Å². The van der Waals surface area contributed by atoms with Crippen molar-refractivity contribution in [1.29, 1.82) is 0 Å². The minimum absolute atomic E-state index is 0.759. The van der Waals surface area contributed by atoms with Crippen LogP contribution >= 0.6 is 0 Å². The molecule has 0 spiro atoms. The lowest BCUT2D eigenvalue weighted by Crippen LogP contribution is -2.04. The Morgan fingerprint density at radius 2 is 1.92 bits per heavy atom. The predicted molar refractivity (Wildman–Crippen MR) is 55.9 cm³/mol. The second-order valence-electron chi connectivity index (χ2n) is 2.94. The van der Waals surface area contributed by atoms with Crippen LogP contribution in [0.4, 0.5) is 0 Å². The molecule has 13 heavy (non-hydrogen) atoms. The molecule has 0 aliphatic carbocycles. The Hall–Kier alpha value is -1.44. The van der Waals surface area contributed by atoms with Crippen molar-refractivity contribution in [2.75, 3.05) is 7.11 Å². The molecule has 0 fully saturated rings. The number of methoxy groups -OCH3 is 1. The molecule has 0 saturated carbocycles. The summed E-state index contributed by atoms with van der Waals surface area (Å²) in [6.07, 6.45) is 0. The molecule has 1 nitrogen and oxygen atoms in total. The lowest BCUT2D eigenvalue weighted by molar-refractivity contribution is 0.416. The largest absolute Gasteiger partial charge is 0.497 e. The van der Waals surface area contributed by atoms with Gasteiger partial charge in [-0.25, -0.2) is 0 Å². The molecule has 2 radical (unpaired) electrons. The fourth-order valence-electron chi connectivity index (χ4n) is 1.43. The van der Waals surface area contributed by atoms with Crippen LogP contribution in [0.15, 0.2) is 36.4 Å². The van der Waals surface area contributed by atoms with Gasteiger partial charge in [0.25, 0.3) is 0 Å². The van der Waals surface area contributed by atoms with Crippen molar-refractivity contribution in [2.24, 2.45) is 0 Å². The fraction of sp³-hybridized carbons (Fsp3) is 0.0909. The van der Waals surface area contributed by atoms with E-state index in [4.69, 9.17) is 12.6 Å². The minimum atomic E-state index is 0.759. The van der Waals surface area contributed by atoms with Crippen LogP contribution in [0.3, 0.4) is 0 Å². The Balaban J connectivity index is 2.77. The molecular weight excluding hydrogens is 159 g/mol. The third-order valence-electron chi connectivity index (χ3n) is 2.10. The van der Waals surface area contributed by atoms with Crippen LogP contribution in [0.1, 0.15) is 0 Å². The highest BCUT2D eigenvalue weighted by Gasteiger charge is 1.98. The Bertz CT molecular complexity index is 437. The first kappa shape index (κ1) is 8.18. The van der Waals surface area contributed by atoms with Gasteiger partial charge in [0.15, 0.2) is 0 Å². The Morgan fingerprint density at radius 1 is 1.15 bits per heavy atom. The van der Waals surface area contributed by atoms with E-state index in [0.29, 0.717) is 0 Å². The van der Waals surface area contributed by atoms with Crippen LogP contribution in [0, 0.1) is 0 Å². The van der Waals surface area contributed by atoms with Crippen molar-refractivity contribution in [3.8, 4) is 5.75 Å². The normalized spacial score (nSPS) is 10.2. The predicted octanol–water partition coefficient (Wildman–Crippen LogP) is 1.64. The summed E-state index contributed by atoms with van der Waals surface area (Å²) in [4.78, 5) is 0. The van der Waals surface area contributed by atoms with Gasteiger partial charge in [-0.05, 0) is 22.9 Å². The molecule has 2 heteroatoms. The summed E-state index contributed by atoms with van der Waals surface area (Å²) in [5, 5.41) is 2.18. The van der Waals surface area contributed by atoms with Gasteiger partial charge in [-0.1, -0.05) is 29.7 Å². The minimum Gasteiger partial charge on any atom is -0.497 e.